The van der Waals surface area contributed by atoms with Crippen LogP contribution >= 0.6 is 0 Å². The largest absolute Gasteiger partial charge is 0.399 e. The van der Waals surface area contributed by atoms with Crippen molar-refractivity contribution in [3.8, 4) is 44.5 Å². The van der Waals surface area contributed by atoms with Gasteiger partial charge in [0.15, 0.2) is 0 Å². The van der Waals surface area contributed by atoms with Gasteiger partial charge in [0.05, 0.1) is 22.8 Å². The third-order valence-corrected chi connectivity index (χ3v) is 9.43. The third kappa shape index (κ3) is 5.22. The first-order chi connectivity index (χ1) is 24.2. The van der Waals surface area contributed by atoms with Gasteiger partial charge in [-0.15, -0.1) is 0 Å². The summed E-state index contributed by atoms with van der Waals surface area (Å²) in [7, 11) is 0. The van der Waals surface area contributed by atoms with Crippen LogP contribution in [0.5, 0.6) is 0 Å². The minimum Gasteiger partial charge on any atom is -0.399 e. The molecule has 9 rings (SSSR count). The van der Waals surface area contributed by atoms with E-state index in [4.69, 9.17) is 15.7 Å². The minimum absolute atomic E-state index is 0.723. The van der Waals surface area contributed by atoms with E-state index in [9.17, 15) is 0 Å². The number of aromatic nitrogens is 4. The maximum atomic E-state index is 6.15. The number of nitrogens with one attached hydrogen (secondary N) is 2. The van der Waals surface area contributed by atoms with Crippen LogP contribution < -0.4 is 5.73 Å². The Hall–Kier alpha value is -6.46. The number of aryl methyl sites for hydroxylation is 2. The fourth-order valence-corrected chi connectivity index (χ4v) is 7.19. The first-order valence-corrected chi connectivity index (χ1v) is 16.7. The Bertz CT molecular complexity index is 2530. The maximum Gasteiger partial charge on any atom is 0.0737 e. The molecule has 8 bridgehead atoms. The third-order valence-electron chi connectivity index (χ3n) is 9.43. The average Bonchev–Trinajstić information content (AvgIpc) is 3.98. The van der Waals surface area contributed by atoms with E-state index < -0.39 is 0 Å². The number of benzene rings is 4. The Kier molecular flexibility index (Phi) is 7.02. The highest BCUT2D eigenvalue weighted by Gasteiger charge is 2.20. The molecule has 5 heteroatoms. The monoisotopic (exact) mass is 631 g/mol. The molecule has 234 valence electrons. The molecule has 2 aliphatic heterocycles. The van der Waals surface area contributed by atoms with E-state index in [-0.39, 0.29) is 0 Å². The summed E-state index contributed by atoms with van der Waals surface area (Å²) < 4.78 is 0. The lowest BCUT2D eigenvalue weighted by Crippen LogP contribution is -1.90. The van der Waals surface area contributed by atoms with Gasteiger partial charge in [0, 0.05) is 50.0 Å². The van der Waals surface area contributed by atoms with Crippen molar-refractivity contribution in [1.29, 1.82) is 0 Å². The summed E-state index contributed by atoms with van der Waals surface area (Å²) >= 11 is 0. The van der Waals surface area contributed by atoms with Gasteiger partial charge in [-0.05, 0) is 83.6 Å². The summed E-state index contributed by atoms with van der Waals surface area (Å²) in [6.07, 6.45) is 5.92. The van der Waals surface area contributed by atoms with Crippen molar-refractivity contribution in [2.24, 2.45) is 0 Å². The molecule has 49 heavy (non-hydrogen) atoms. The van der Waals surface area contributed by atoms with E-state index in [1.165, 1.54) is 0 Å². The van der Waals surface area contributed by atoms with Crippen molar-refractivity contribution in [2.75, 3.05) is 5.73 Å². The molecule has 5 nitrogen and oxygen atoms in total. The summed E-state index contributed by atoms with van der Waals surface area (Å²) in [4.78, 5) is 18.5. The topological polar surface area (TPSA) is 83.4 Å². The van der Waals surface area contributed by atoms with E-state index in [1.54, 1.807) is 0 Å². The van der Waals surface area contributed by atoms with Crippen LogP contribution in [0.1, 0.15) is 22.8 Å². The smallest absolute Gasteiger partial charge is 0.0737 e. The molecule has 0 saturated carbocycles. The number of fused-ring (bicyclic) bond motifs is 8. The van der Waals surface area contributed by atoms with Gasteiger partial charge in [-0.2, -0.15) is 0 Å². The Balaban J connectivity index is 1.47. The van der Waals surface area contributed by atoms with Gasteiger partial charge in [0.1, 0.15) is 0 Å². The first-order valence-electron chi connectivity index (χ1n) is 16.7. The second-order valence-electron chi connectivity index (χ2n) is 12.5. The Labute approximate surface area is 284 Å². The van der Waals surface area contributed by atoms with Gasteiger partial charge in [0.2, 0.25) is 0 Å². The van der Waals surface area contributed by atoms with Crippen molar-refractivity contribution in [2.45, 2.75) is 12.8 Å². The molecule has 2 aliphatic rings. The number of rotatable bonds is 4. The standard InChI is InChI=1S/C44H33N5/c45-32-18-16-31(17-19-32)44-39-26-24-37(48-39)42(29-12-6-2-7-13-29)35-22-20-33(46-35)41(28-10-4-1-5-11-28)34-21-23-36(47-34)43(30-14-8-3-9-15-30)38-25-27-40(44)49-38/h1-20,22,24-27,46,49H,21,23,45H2. The molecule has 5 heterocycles. The highest BCUT2D eigenvalue weighted by Crippen LogP contribution is 2.38. The summed E-state index contributed by atoms with van der Waals surface area (Å²) in [5.74, 6) is 0. The number of anilines is 1. The fraction of sp³-hybridized carbons (Fsp3) is 0.0455. The van der Waals surface area contributed by atoms with Crippen molar-refractivity contribution in [3.63, 3.8) is 0 Å². The summed E-state index contributed by atoms with van der Waals surface area (Å²) in [5, 5.41) is 0. The van der Waals surface area contributed by atoms with Gasteiger partial charge in [0.25, 0.3) is 0 Å². The van der Waals surface area contributed by atoms with Gasteiger partial charge in [-0.3, -0.25) is 4.98 Å². The number of H-pyrrole nitrogens is 2. The van der Waals surface area contributed by atoms with Crippen LogP contribution in [0.25, 0.3) is 78.7 Å². The predicted molar refractivity (Wildman–Crippen MR) is 203 cm³/mol. The quantitative estimate of drug-likeness (QED) is 0.169. The lowest BCUT2D eigenvalue weighted by molar-refractivity contribution is 1.03. The van der Waals surface area contributed by atoms with Gasteiger partial charge < -0.3 is 15.7 Å². The number of nitrogens with zero attached hydrogens (tertiary/aromatic N) is 2. The zero-order chi connectivity index (χ0) is 32.7. The van der Waals surface area contributed by atoms with Crippen molar-refractivity contribution < 1.29 is 0 Å². The Morgan fingerprint density at radius 3 is 1.18 bits per heavy atom. The highest BCUT2D eigenvalue weighted by atomic mass is 14.8. The Morgan fingerprint density at radius 1 is 0.388 bits per heavy atom. The summed E-state index contributed by atoms with van der Waals surface area (Å²) in [6.45, 7) is 0. The molecule has 4 N–H and O–H groups in total. The Morgan fingerprint density at radius 2 is 0.755 bits per heavy atom. The molecular weight excluding hydrogens is 599 g/mol. The number of hydrogen-bond acceptors (Lipinski definition) is 3. The highest BCUT2D eigenvalue weighted by molar-refractivity contribution is 5.97. The lowest BCUT2D eigenvalue weighted by atomic mass is 10.0. The second-order valence-corrected chi connectivity index (χ2v) is 12.5. The summed E-state index contributed by atoms with van der Waals surface area (Å²) in [5.41, 5.74) is 23.5. The molecule has 0 spiro atoms. The molecule has 4 aromatic carbocycles. The predicted octanol–water partition coefficient (Wildman–Crippen LogP) is 10.5. The van der Waals surface area contributed by atoms with Crippen LogP contribution in [0.4, 0.5) is 5.69 Å². The molecule has 0 radical (unpaired) electrons. The van der Waals surface area contributed by atoms with Crippen molar-refractivity contribution >= 4 is 39.9 Å². The fourth-order valence-electron chi connectivity index (χ4n) is 7.19. The van der Waals surface area contributed by atoms with E-state index >= 15 is 0 Å². The lowest BCUT2D eigenvalue weighted by Gasteiger charge is -2.07. The van der Waals surface area contributed by atoms with E-state index in [1.807, 2.05) is 18.2 Å². The van der Waals surface area contributed by atoms with E-state index in [0.717, 1.165) is 108 Å². The molecule has 3 aromatic heterocycles. The first kappa shape index (κ1) is 28.7. The van der Waals surface area contributed by atoms with Crippen molar-refractivity contribution in [3.05, 3.63) is 162 Å². The normalized spacial score (nSPS) is 12.3. The molecule has 0 fully saturated rings. The van der Waals surface area contributed by atoms with Crippen LogP contribution in [0.3, 0.4) is 0 Å². The SMILES string of the molecule is Nc1ccc(-c2c3nc(c(-c4ccccc4)c4ccc([nH]4)c(-c4ccccc4)c4nc(c(-c5ccccc5)c5ccc2[nH]5)CC4)C=C3)cc1. The number of nitrogen functional groups attached to an aromatic ring is 1. The number of hydrogen-bond donors (Lipinski definition) is 3. The molecular formula is C44H33N5. The number of nitrogens with two attached hydrogens (primary N) is 1. The minimum atomic E-state index is 0.723. The molecule has 0 amide bonds. The zero-order valence-corrected chi connectivity index (χ0v) is 26.8. The van der Waals surface area contributed by atoms with E-state index in [0.29, 0.717) is 0 Å². The van der Waals surface area contributed by atoms with Gasteiger partial charge >= 0.3 is 0 Å². The maximum absolute atomic E-state index is 6.15. The van der Waals surface area contributed by atoms with Gasteiger partial charge in [-0.1, -0.05) is 103 Å². The second kappa shape index (κ2) is 12.0. The van der Waals surface area contributed by atoms with Gasteiger partial charge in [-0.25, -0.2) is 4.98 Å². The molecule has 7 aromatic rings. The molecule has 0 atom stereocenters. The van der Waals surface area contributed by atoms with Crippen molar-refractivity contribution in [1.82, 2.24) is 19.9 Å². The van der Waals surface area contributed by atoms with E-state index in [2.05, 4.69) is 143 Å². The zero-order valence-electron chi connectivity index (χ0n) is 26.8. The molecule has 0 unspecified atom stereocenters. The molecule has 0 saturated heterocycles. The summed E-state index contributed by atoms with van der Waals surface area (Å²) in [6, 6.07) is 48.4. The average molecular weight is 632 g/mol. The van der Waals surface area contributed by atoms with Crippen LogP contribution in [0, 0.1) is 0 Å². The van der Waals surface area contributed by atoms with Crippen LogP contribution in [0.2, 0.25) is 0 Å². The molecule has 0 aliphatic carbocycles. The van der Waals surface area contributed by atoms with Crippen LogP contribution in [-0.4, -0.2) is 19.9 Å². The number of aromatic amines is 2. The van der Waals surface area contributed by atoms with Crippen LogP contribution in [0.15, 0.2) is 140 Å². The van der Waals surface area contributed by atoms with Crippen LogP contribution in [-0.2, 0) is 12.8 Å².